The molecule has 8 nitrogen and oxygen atoms in total. The van der Waals surface area contributed by atoms with Gasteiger partial charge in [0.1, 0.15) is 5.76 Å². The maximum atomic E-state index is 5.32. The van der Waals surface area contributed by atoms with E-state index >= 15 is 0 Å². The Morgan fingerprint density at radius 1 is 1.31 bits per heavy atom. The van der Waals surface area contributed by atoms with E-state index in [1.807, 2.05) is 32.0 Å². The lowest BCUT2D eigenvalue weighted by Crippen LogP contribution is -2.42. The summed E-state index contributed by atoms with van der Waals surface area (Å²) in [5.41, 5.74) is 1.74. The fraction of sp³-hybridized carbons (Fsp3) is 0.412. The molecular weight excluding hydrogens is 352 g/mol. The molecule has 0 aliphatic heterocycles. The molecule has 2 aromatic heterocycles. The van der Waals surface area contributed by atoms with Crippen molar-refractivity contribution in [1.82, 2.24) is 20.6 Å². The highest BCUT2D eigenvalue weighted by molar-refractivity contribution is 7.80. The number of nitrogens with zero attached hydrogens (tertiary/aromatic N) is 3. The Bertz CT molecular complexity index is 713. The summed E-state index contributed by atoms with van der Waals surface area (Å²) in [6.45, 7) is 5.53. The highest BCUT2D eigenvalue weighted by Crippen LogP contribution is 2.04. The largest absolute Gasteiger partial charge is 0.467 e. The predicted molar refractivity (Wildman–Crippen MR) is 105 cm³/mol. The van der Waals surface area contributed by atoms with Crippen LogP contribution < -0.4 is 16.0 Å². The van der Waals surface area contributed by atoms with Crippen molar-refractivity contribution in [1.29, 1.82) is 0 Å². The lowest BCUT2D eigenvalue weighted by Gasteiger charge is -2.14. The Kier molecular flexibility index (Phi) is 7.97. The molecule has 0 aromatic carbocycles. The molecule has 0 aliphatic carbocycles. The van der Waals surface area contributed by atoms with Gasteiger partial charge in [-0.3, -0.25) is 10.3 Å². The van der Waals surface area contributed by atoms with Crippen LogP contribution in [0.3, 0.4) is 0 Å². The Hall–Kier alpha value is -2.52. The first-order valence-corrected chi connectivity index (χ1v) is 8.67. The topological polar surface area (TPSA) is 96.6 Å². The number of aliphatic imine (C=N–C) groups is 1. The zero-order chi connectivity index (χ0) is 18.8. The molecule has 0 bridgehead atoms. The monoisotopic (exact) mass is 376 g/mol. The second kappa shape index (κ2) is 10.5. The smallest absolute Gasteiger partial charge is 0.229 e. The number of ether oxygens (including phenoxy) is 1. The summed E-state index contributed by atoms with van der Waals surface area (Å²) in [5, 5.41) is 9.61. The van der Waals surface area contributed by atoms with Gasteiger partial charge < -0.3 is 19.8 Å². The van der Waals surface area contributed by atoms with Crippen molar-refractivity contribution in [3.63, 3.8) is 0 Å². The van der Waals surface area contributed by atoms with Gasteiger partial charge in [0.05, 0.1) is 12.8 Å². The number of hydrogen-bond donors (Lipinski definition) is 3. The standard InChI is InChI=1S/C17H24N6O2S/c1-12-10-13(2)21-16(20-12)22-15(18-7-5-8-24-3)23-17(26)19-11-14-6-4-9-25-14/h4,6,9-10H,5,7-8,11H2,1-3H3,(H3,18,19,20,21,22,23,26). The van der Waals surface area contributed by atoms with Crippen molar-refractivity contribution in [3.05, 3.63) is 41.6 Å². The second-order valence-corrected chi connectivity index (χ2v) is 5.97. The molecule has 26 heavy (non-hydrogen) atoms. The van der Waals surface area contributed by atoms with Gasteiger partial charge in [0, 0.05) is 31.6 Å². The third kappa shape index (κ3) is 7.16. The summed E-state index contributed by atoms with van der Waals surface area (Å²) >= 11 is 5.32. The molecule has 0 unspecified atom stereocenters. The summed E-state index contributed by atoms with van der Waals surface area (Å²) in [5.74, 6) is 1.73. The van der Waals surface area contributed by atoms with Gasteiger partial charge >= 0.3 is 0 Å². The van der Waals surface area contributed by atoms with E-state index < -0.39 is 0 Å². The highest BCUT2D eigenvalue weighted by Gasteiger charge is 2.07. The minimum Gasteiger partial charge on any atom is -0.467 e. The molecular formula is C17H24N6O2S. The predicted octanol–water partition coefficient (Wildman–Crippen LogP) is 2.16. The van der Waals surface area contributed by atoms with Gasteiger partial charge in [-0.1, -0.05) is 0 Å². The lowest BCUT2D eigenvalue weighted by atomic mass is 10.4. The normalized spacial score (nSPS) is 11.3. The van der Waals surface area contributed by atoms with Crippen molar-refractivity contribution >= 4 is 29.2 Å². The number of furan rings is 1. The fourth-order valence-corrected chi connectivity index (χ4v) is 2.30. The molecule has 2 heterocycles. The van der Waals surface area contributed by atoms with Crippen molar-refractivity contribution in [2.45, 2.75) is 26.8 Å². The van der Waals surface area contributed by atoms with Crippen LogP contribution in [-0.4, -0.2) is 41.3 Å². The van der Waals surface area contributed by atoms with Crippen LogP contribution in [0.25, 0.3) is 0 Å². The zero-order valence-corrected chi connectivity index (χ0v) is 16.0. The Balaban J connectivity index is 1.98. The number of hydrogen-bond acceptors (Lipinski definition) is 6. The zero-order valence-electron chi connectivity index (χ0n) is 15.2. The van der Waals surface area contributed by atoms with Crippen molar-refractivity contribution < 1.29 is 9.15 Å². The number of guanidine groups is 1. The van der Waals surface area contributed by atoms with Gasteiger partial charge in [-0.05, 0) is 50.7 Å². The van der Waals surface area contributed by atoms with E-state index in [9.17, 15) is 0 Å². The minimum atomic E-state index is 0.420. The molecule has 0 atom stereocenters. The van der Waals surface area contributed by atoms with E-state index in [0.717, 1.165) is 23.6 Å². The number of rotatable bonds is 7. The quantitative estimate of drug-likeness (QED) is 0.293. The molecule has 2 rings (SSSR count). The molecule has 0 radical (unpaired) electrons. The van der Waals surface area contributed by atoms with Gasteiger partial charge in [0.2, 0.25) is 11.9 Å². The summed E-state index contributed by atoms with van der Waals surface area (Å²) in [7, 11) is 1.66. The average Bonchev–Trinajstić information content (AvgIpc) is 3.09. The third-order valence-corrected chi connectivity index (χ3v) is 3.47. The number of nitrogens with one attached hydrogen (secondary N) is 3. The van der Waals surface area contributed by atoms with E-state index in [2.05, 4.69) is 30.9 Å². The SMILES string of the molecule is COCCCN=C(NC(=S)NCc1ccco1)Nc1nc(C)cc(C)n1. The average molecular weight is 376 g/mol. The first-order valence-electron chi connectivity index (χ1n) is 8.26. The van der Waals surface area contributed by atoms with E-state index in [1.165, 1.54) is 0 Å². The number of aryl methyl sites for hydroxylation is 2. The van der Waals surface area contributed by atoms with Gasteiger partial charge in [-0.2, -0.15) is 0 Å². The maximum Gasteiger partial charge on any atom is 0.229 e. The van der Waals surface area contributed by atoms with Crippen LogP contribution in [0.5, 0.6) is 0 Å². The van der Waals surface area contributed by atoms with E-state index in [-0.39, 0.29) is 0 Å². The molecule has 0 spiro atoms. The van der Waals surface area contributed by atoms with Gasteiger partial charge in [-0.25, -0.2) is 9.97 Å². The first kappa shape index (κ1) is 19.8. The van der Waals surface area contributed by atoms with E-state index in [0.29, 0.717) is 36.7 Å². The summed E-state index contributed by atoms with van der Waals surface area (Å²) < 4.78 is 10.3. The molecule has 3 N–H and O–H groups in total. The van der Waals surface area contributed by atoms with Gasteiger partial charge in [0.25, 0.3) is 0 Å². The maximum absolute atomic E-state index is 5.32. The van der Waals surface area contributed by atoms with E-state index in [4.69, 9.17) is 21.4 Å². The second-order valence-electron chi connectivity index (χ2n) is 5.56. The lowest BCUT2D eigenvalue weighted by molar-refractivity contribution is 0.197. The Labute approximate surface area is 158 Å². The third-order valence-electron chi connectivity index (χ3n) is 3.22. The molecule has 140 valence electrons. The van der Waals surface area contributed by atoms with Crippen LogP contribution in [0.15, 0.2) is 33.9 Å². The number of methoxy groups -OCH3 is 1. The molecule has 2 aromatic rings. The van der Waals surface area contributed by atoms with Crippen LogP contribution in [0.4, 0.5) is 5.95 Å². The molecule has 0 aliphatic rings. The van der Waals surface area contributed by atoms with Gasteiger partial charge in [0.15, 0.2) is 5.11 Å². The van der Waals surface area contributed by atoms with Crippen LogP contribution >= 0.6 is 12.2 Å². The van der Waals surface area contributed by atoms with Crippen molar-refractivity contribution in [2.24, 2.45) is 4.99 Å². The highest BCUT2D eigenvalue weighted by atomic mass is 32.1. The Morgan fingerprint density at radius 3 is 2.73 bits per heavy atom. The van der Waals surface area contributed by atoms with Gasteiger partial charge in [-0.15, -0.1) is 0 Å². The fourth-order valence-electron chi connectivity index (χ4n) is 2.13. The van der Waals surface area contributed by atoms with Crippen LogP contribution in [0.1, 0.15) is 23.6 Å². The van der Waals surface area contributed by atoms with Crippen molar-refractivity contribution in [2.75, 3.05) is 25.6 Å². The molecule has 0 saturated heterocycles. The minimum absolute atomic E-state index is 0.420. The van der Waals surface area contributed by atoms with E-state index in [1.54, 1.807) is 13.4 Å². The molecule has 0 saturated carbocycles. The summed E-state index contributed by atoms with van der Waals surface area (Å²) in [6.07, 6.45) is 2.42. The van der Waals surface area contributed by atoms with Crippen LogP contribution in [-0.2, 0) is 11.3 Å². The van der Waals surface area contributed by atoms with Crippen LogP contribution in [0.2, 0.25) is 0 Å². The number of thiocarbonyl (C=S) groups is 1. The molecule has 9 heteroatoms. The summed E-state index contributed by atoms with van der Waals surface area (Å²) in [4.78, 5) is 13.2. The molecule has 0 amide bonds. The summed E-state index contributed by atoms with van der Waals surface area (Å²) in [6, 6.07) is 5.61. The Morgan fingerprint density at radius 2 is 2.08 bits per heavy atom. The first-order chi connectivity index (χ1) is 12.6. The molecule has 0 fully saturated rings. The van der Waals surface area contributed by atoms with Crippen LogP contribution in [0, 0.1) is 13.8 Å². The van der Waals surface area contributed by atoms with Crippen molar-refractivity contribution in [3.8, 4) is 0 Å². The number of anilines is 1. The number of aromatic nitrogens is 2.